The zero-order valence-electron chi connectivity index (χ0n) is 9.17. The average Bonchev–Trinajstić information content (AvgIpc) is 2.24. The lowest BCUT2D eigenvalue weighted by Gasteiger charge is -2.09. The second kappa shape index (κ2) is 6.34. The van der Waals surface area contributed by atoms with E-state index in [1.165, 1.54) is 0 Å². The van der Waals surface area contributed by atoms with Crippen molar-refractivity contribution in [2.75, 3.05) is 25.6 Å². The van der Waals surface area contributed by atoms with Crippen molar-refractivity contribution >= 4 is 5.69 Å². The molecule has 0 aliphatic heterocycles. The van der Waals surface area contributed by atoms with E-state index in [0.717, 1.165) is 0 Å². The van der Waals surface area contributed by atoms with Crippen LogP contribution < -0.4 is 10.5 Å². The van der Waals surface area contributed by atoms with Gasteiger partial charge in [0.2, 0.25) is 0 Å². The first-order valence-corrected chi connectivity index (χ1v) is 5.11. The molecule has 1 aromatic carbocycles. The Bertz CT molecular complexity index is 342. The van der Waals surface area contributed by atoms with E-state index in [0.29, 0.717) is 11.4 Å². The maximum absolute atomic E-state index is 11.8. The summed E-state index contributed by atoms with van der Waals surface area (Å²) in [5.41, 5.74) is 6.09. The molecule has 2 N–H and O–H groups in total. The van der Waals surface area contributed by atoms with Crippen LogP contribution in [0.2, 0.25) is 0 Å². The molecule has 0 spiro atoms. The number of nitrogens with two attached hydrogens (primary N) is 1. The van der Waals surface area contributed by atoms with E-state index in [1.54, 1.807) is 24.3 Å². The summed E-state index contributed by atoms with van der Waals surface area (Å²) in [6.45, 7) is -0.0758. The molecule has 3 nitrogen and oxygen atoms in total. The highest BCUT2D eigenvalue weighted by Crippen LogP contribution is 2.20. The van der Waals surface area contributed by atoms with E-state index in [1.807, 2.05) is 0 Å². The van der Waals surface area contributed by atoms with Crippen LogP contribution in [0.1, 0.15) is 6.42 Å². The molecule has 6 heteroatoms. The normalized spacial score (nSPS) is 11.5. The zero-order chi connectivity index (χ0) is 12.7. The molecule has 0 amide bonds. The molecule has 0 fully saturated rings. The topological polar surface area (TPSA) is 44.5 Å². The number of hydrogen-bond acceptors (Lipinski definition) is 3. The summed E-state index contributed by atoms with van der Waals surface area (Å²) < 4.78 is 45.3. The average molecular weight is 249 g/mol. The van der Waals surface area contributed by atoms with Gasteiger partial charge in [0.05, 0.1) is 25.3 Å². The van der Waals surface area contributed by atoms with Crippen molar-refractivity contribution in [2.24, 2.45) is 0 Å². The monoisotopic (exact) mass is 249 g/mol. The first-order valence-electron chi connectivity index (χ1n) is 5.11. The van der Waals surface area contributed by atoms with Crippen molar-refractivity contribution in [3.8, 4) is 5.75 Å². The molecular weight excluding hydrogens is 235 g/mol. The zero-order valence-corrected chi connectivity index (χ0v) is 9.17. The maximum atomic E-state index is 11.8. The van der Waals surface area contributed by atoms with Crippen LogP contribution in [-0.2, 0) is 4.74 Å². The maximum Gasteiger partial charge on any atom is 0.391 e. The van der Waals surface area contributed by atoms with Gasteiger partial charge < -0.3 is 15.2 Å². The molecule has 0 unspecified atom stereocenters. The summed E-state index contributed by atoms with van der Waals surface area (Å²) >= 11 is 0. The van der Waals surface area contributed by atoms with Gasteiger partial charge in [0.1, 0.15) is 12.4 Å². The fraction of sp³-hybridized carbons (Fsp3) is 0.455. The first-order chi connectivity index (χ1) is 7.99. The van der Waals surface area contributed by atoms with Gasteiger partial charge in [-0.2, -0.15) is 13.2 Å². The number of nitrogen functional groups attached to an aromatic ring is 1. The molecule has 1 aromatic rings. The van der Waals surface area contributed by atoms with E-state index in [4.69, 9.17) is 15.2 Å². The summed E-state index contributed by atoms with van der Waals surface area (Å²) in [6, 6.07) is 6.89. The fourth-order valence-electron chi connectivity index (χ4n) is 1.11. The van der Waals surface area contributed by atoms with Gasteiger partial charge in [0.15, 0.2) is 0 Å². The van der Waals surface area contributed by atoms with Crippen LogP contribution in [0.4, 0.5) is 18.9 Å². The third-order valence-corrected chi connectivity index (χ3v) is 1.93. The van der Waals surface area contributed by atoms with Crippen molar-refractivity contribution in [3.63, 3.8) is 0 Å². The molecule has 0 saturated heterocycles. The van der Waals surface area contributed by atoms with Crippen molar-refractivity contribution < 1.29 is 22.6 Å². The largest absolute Gasteiger partial charge is 0.489 e. The summed E-state index contributed by atoms with van der Waals surface area (Å²) in [5.74, 6) is 0.506. The number of benzene rings is 1. The highest BCUT2D eigenvalue weighted by molar-refractivity contribution is 5.51. The summed E-state index contributed by atoms with van der Waals surface area (Å²) in [6.07, 6.45) is -5.12. The van der Waals surface area contributed by atoms with Gasteiger partial charge in [0.25, 0.3) is 0 Å². The van der Waals surface area contributed by atoms with E-state index < -0.39 is 12.6 Å². The Morgan fingerprint density at radius 3 is 2.41 bits per heavy atom. The van der Waals surface area contributed by atoms with Gasteiger partial charge in [-0.1, -0.05) is 12.1 Å². The highest BCUT2D eigenvalue weighted by Gasteiger charge is 2.26. The number of hydrogen-bond donors (Lipinski definition) is 1. The van der Waals surface area contributed by atoms with Crippen LogP contribution in [0.5, 0.6) is 5.75 Å². The van der Waals surface area contributed by atoms with Crippen LogP contribution in [0, 0.1) is 0 Å². The Labute approximate surface area is 97.3 Å². The Kier molecular flexibility index (Phi) is 5.09. The molecule has 0 radical (unpaired) electrons. The summed E-state index contributed by atoms with van der Waals surface area (Å²) in [5, 5.41) is 0. The van der Waals surface area contributed by atoms with Gasteiger partial charge in [-0.05, 0) is 12.1 Å². The van der Waals surface area contributed by atoms with E-state index in [2.05, 4.69) is 0 Å². The minimum Gasteiger partial charge on any atom is -0.489 e. The predicted octanol–water partition coefficient (Wildman–Crippen LogP) is 2.62. The smallest absolute Gasteiger partial charge is 0.391 e. The molecule has 0 aliphatic rings. The number of halogens is 3. The van der Waals surface area contributed by atoms with Crippen LogP contribution in [0.3, 0.4) is 0 Å². The van der Waals surface area contributed by atoms with Gasteiger partial charge in [0, 0.05) is 0 Å². The Hall–Kier alpha value is -1.43. The number of para-hydroxylation sites is 2. The highest BCUT2D eigenvalue weighted by atomic mass is 19.4. The van der Waals surface area contributed by atoms with Crippen LogP contribution in [-0.4, -0.2) is 26.0 Å². The standard InChI is InChI=1S/C11H14F3NO2/c12-11(13,14)5-6-16-7-8-17-10-4-2-1-3-9(10)15/h1-4H,5-8,15H2. The van der Waals surface area contributed by atoms with E-state index in [9.17, 15) is 13.2 Å². The summed E-state index contributed by atoms with van der Waals surface area (Å²) in [4.78, 5) is 0. The molecule has 17 heavy (non-hydrogen) atoms. The van der Waals surface area contributed by atoms with E-state index >= 15 is 0 Å². The third kappa shape index (κ3) is 6.01. The Balaban J connectivity index is 2.11. The molecule has 0 aromatic heterocycles. The molecule has 0 atom stereocenters. The molecule has 1 rings (SSSR count). The second-order valence-electron chi connectivity index (χ2n) is 3.36. The van der Waals surface area contributed by atoms with Gasteiger partial charge in [-0.3, -0.25) is 0 Å². The molecule has 0 aliphatic carbocycles. The lowest BCUT2D eigenvalue weighted by Crippen LogP contribution is -2.14. The fourth-order valence-corrected chi connectivity index (χ4v) is 1.11. The van der Waals surface area contributed by atoms with Crippen molar-refractivity contribution in [1.29, 1.82) is 0 Å². The van der Waals surface area contributed by atoms with Crippen molar-refractivity contribution in [2.45, 2.75) is 12.6 Å². The van der Waals surface area contributed by atoms with Crippen LogP contribution in [0.15, 0.2) is 24.3 Å². The number of rotatable bonds is 6. The Morgan fingerprint density at radius 2 is 1.76 bits per heavy atom. The SMILES string of the molecule is Nc1ccccc1OCCOCCC(F)(F)F. The quantitative estimate of drug-likeness (QED) is 0.622. The van der Waals surface area contributed by atoms with E-state index in [-0.39, 0.29) is 19.8 Å². The molecule has 0 heterocycles. The third-order valence-electron chi connectivity index (χ3n) is 1.93. The van der Waals surface area contributed by atoms with Crippen molar-refractivity contribution in [3.05, 3.63) is 24.3 Å². The minimum absolute atomic E-state index is 0.102. The van der Waals surface area contributed by atoms with Crippen LogP contribution in [0.25, 0.3) is 0 Å². The molecule has 96 valence electrons. The number of alkyl halides is 3. The molecule has 0 bridgehead atoms. The lowest BCUT2D eigenvalue weighted by molar-refractivity contribution is -0.145. The first kappa shape index (κ1) is 13.6. The molecule has 0 saturated carbocycles. The van der Waals surface area contributed by atoms with Gasteiger partial charge in [-0.25, -0.2) is 0 Å². The predicted molar refractivity (Wildman–Crippen MR) is 57.8 cm³/mol. The Morgan fingerprint density at radius 1 is 1.06 bits per heavy atom. The minimum atomic E-state index is -4.18. The second-order valence-corrected chi connectivity index (χ2v) is 3.36. The number of ether oxygens (including phenoxy) is 2. The van der Waals surface area contributed by atoms with Gasteiger partial charge >= 0.3 is 6.18 Å². The number of anilines is 1. The summed E-state index contributed by atoms with van der Waals surface area (Å²) in [7, 11) is 0. The lowest BCUT2D eigenvalue weighted by atomic mass is 10.3. The van der Waals surface area contributed by atoms with Gasteiger partial charge in [-0.15, -0.1) is 0 Å². The van der Waals surface area contributed by atoms with Crippen molar-refractivity contribution in [1.82, 2.24) is 0 Å². The molecular formula is C11H14F3NO2. The van der Waals surface area contributed by atoms with Crippen LogP contribution >= 0.6 is 0 Å².